The van der Waals surface area contributed by atoms with E-state index in [4.69, 9.17) is 4.42 Å². The van der Waals surface area contributed by atoms with E-state index in [9.17, 15) is 4.79 Å². The highest BCUT2D eigenvalue weighted by atomic mass is 32.1. The molecule has 2 heterocycles. The van der Waals surface area contributed by atoms with E-state index in [2.05, 4.69) is 11.9 Å². The molecular formula is C17H15NO2S. The Morgan fingerprint density at radius 3 is 2.90 bits per heavy atom. The highest BCUT2D eigenvalue weighted by Crippen LogP contribution is 2.36. The molecule has 106 valence electrons. The van der Waals surface area contributed by atoms with Gasteiger partial charge in [0.1, 0.15) is 10.2 Å². The van der Waals surface area contributed by atoms with E-state index in [0.29, 0.717) is 17.2 Å². The fraction of sp³-hybridized carbons (Fsp3) is 0.294. The number of rotatable bonds is 1. The summed E-state index contributed by atoms with van der Waals surface area (Å²) in [6, 6.07) is 9.59. The Kier molecular flexibility index (Phi) is 2.93. The second kappa shape index (κ2) is 4.81. The topological polar surface area (TPSA) is 43.1 Å². The molecule has 3 aromatic rings. The summed E-state index contributed by atoms with van der Waals surface area (Å²) in [5.41, 5.74) is 1.77. The molecule has 2 aromatic heterocycles. The Balaban J connectivity index is 1.94. The van der Waals surface area contributed by atoms with Gasteiger partial charge >= 0.3 is 5.63 Å². The van der Waals surface area contributed by atoms with Gasteiger partial charge in [0.15, 0.2) is 0 Å². The molecule has 1 aliphatic carbocycles. The van der Waals surface area contributed by atoms with Gasteiger partial charge < -0.3 is 4.42 Å². The molecule has 0 saturated heterocycles. The summed E-state index contributed by atoms with van der Waals surface area (Å²) in [5.74, 6) is 1.10. The number of aromatic nitrogens is 1. The standard InChI is InChI=1S/C17H15NO2S/c1-10-7-8-12-13(9-10)21-16-14(12)17(19)20-15(18-16)11-5-3-2-4-6-11/h2-6,10H,7-9H2,1H3/t10-/m1/s1. The van der Waals surface area contributed by atoms with Crippen molar-refractivity contribution < 1.29 is 4.42 Å². The number of benzene rings is 1. The summed E-state index contributed by atoms with van der Waals surface area (Å²) in [6.07, 6.45) is 3.16. The quantitative estimate of drug-likeness (QED) is 0.681. The molecule has 1 atom stereocenters. The van der Waals surface area contributed by atoms with E-state index in [1.807, 2.05) is 30.3 Å². The average Bonchev–Trinajstić information content (AvgIpc) is 2.85. The van der Waals surface area contributed by atoms with Crippen LogP contribution in [0.15, 0.2) is 39.5 Å². The Hall–Kier alpha value is -1.94. The smallest absolute Gasteiger partial charge is 0.348 e. The molecule has 0 spiro atoms. The zero-order valence-corrected chi connectivity index (χ0v) is 12.6. The van der Waals surface area contributed by atoms with E-state index in [-0.39, 0.29) is 5.63 Å². The zero-order valence-electron chi connectivity index (χ0n) is 11.8. The maximum absolute atomic E-state index is 12.4. The fourth-order valence-electron chi connectivity index (χ4n) is 2.98. The molecule has 0 N–H and O–H groups in total. The van der Waals surface area contributed by atoms with E-state index < -0.39 is 0 Å². The lowest BCUT2D eigenvalue weighted by atomic mass is 9.89. The molecule has 0 bridgehead atoms. The normalized spacial score (nSPS) is 17.9. The molecular weight excluding hydrogens is 282 g/mol. The van der Waals surface area contributed by atoms with Crippen LogP contribution in [0.5, 0.6) is 0 Å². The first-order chi connectivity index (χ1) is 10.2. The van der Waals surface area contributed by atoms with Crippen molar-refractivity contribution in [1.29, 1.82) is 0 Å². The van der Waals surface area contributed by atoms with Crippen LogP contribution in [-0.2, 0) is 12.8 Å². The zero-order chi connectivity index (χ0) is 14.4. The molecule has 0 aliphatic heterocycles. The fourth-order valence-corrected chi connectivity index (χ4v) is 4.35. The Labute approximate surface area is 126 Å². The Morgan fingerprint density at radius 1 is 1.29 bits per heavy atom. The molecule has 4 rings (SSSR count). The predicted octanol–water partition coefficient (Wildman–Crippen LogP) is 4.04. The Morgan fingerprint density at radius 2 is 2.10 bits per heavy atom. The summed E-state index contributed by atoms with van der Waals surface area (Å²) in [6.45, 7) is 2.26. The van der Waals surface area contributed by atoms with Crippen molar-refractivity contribution in [2.24, 2.45) is 5.92 Å². The van der Waals surface area contributed by atoms with Crippen LogP contribution >= 0.6 is 11.3 Å². The lowest BCUT2D eigenvalue weighted by Gasteiger charge is -2.17. The van der Waals surface area contributed by atoms with Crippen molar-refractivity contribution in [3.8, 4) is 11.5 Å². The first-order valence-electron chi connectivity index (χ1n) is 7.23. The van der Waals surface area contributed by atoms with Gasteiger partial charge in [0, 0.05) is 10.4 Å². The van der Waals surface area contributed by atoms with Crippen LogP contribution in [0.25, 0.3) is 21.7 Å². The maximum Gasteiger partial charge on any atom is 0.348 e. The van der Waals surface area contributed by atoms with Gasteiger partial charge in [-0.2, -0.15) is 0 Å². The van der Waals surface area contributed by atoms with Crippen LogP contribution in [0.1, 0.15) is 23.8 Å². The van der Waals surface area contributed by atoms with Gasteiger partial charge in [-0.15, -0.1) is 11.3 Å². The van der Waals surface area contributed by atoms with Gasteiger partial charge in [0.2, 0.25) is 5.89 Å². The van der Waals surface area contributed by atoms with Gasteiger partial charge in [-0.05, 0) is 42.9 Å². The van der Waals surface area contributed by atoms with Crippen molar-refractivity contribution in [3.63, 3.8) is 0 Å². The number of thiophene rings is 1. The first kappa shape index (κ1) is 12.8. The number of fused-ring (bicyclic) bond motifs is 3. The van der Waals surface area contributed by atoms with E-state index in [1.54, 1.807) is 11.3 Å². The molecule has 4 heteroatoms. The highest BCUT2D eigenvalue weighted by Gasteiger charge is 2.23. The number of hydrogen-bond donors (Lipinski definition) is 0. The van der Waals surface area contributed by atoms with Crippen molar-refractivity contribution in [2.45, 2.75) is 26.2 Å². The van der Waals surface area contributed by atoms with Crippen molar-refractivity contribution in [2.75, 3.05) is 0 Å². The molecule has 1 aromatic carbocycles. The summed E-state index contributed by atoms with van der Waals surface area (Å²) < 4.78 is 5.47. The van der Waals surface area contributed by atoms with Crippen LogP contribution in [-0.4, -0.2) is 4.98 Å². The first-order valence-corrected chi connectivity index (χ1v) is 8.05. The highest BCUT2D eigenvalue weighted by molar-refractivity contribution is 7.18. The van der Waals surface area contributed by atoms with Crippen LogP contribution in [0.2, 0.25) is 0 Å². The number of nitrogens with zero attached hydrogens (tertiary/aromatic N) is 1. The third kappa shape index (κ3) is 2.10. The number of hydrogen-bond acceptors (Lipinski definition) is 4. The molecule has 0 amide bonds. The molecule has 21 heavy (non-hydrogen) atoms. The minimum absolute atomic E-state index is 0.245. The molecule has 0 saturated carbocycles. The van der Waals surface area contributed by atoms with E-state index in [0.717, 1.165) is 29.7 Å². The van der Waals surface area contributed by atoms with Gasteiger partial charge in [-0.25, -0.2) is 9.78 Å². The summed E-state index contributed by atoms with van der Waals surface area (Å²) in [5, 5.41) is 0.710. The summed E-state index contributed by atoms with van der Waals surface area (Å²) in [7, 11) is 0. The van der Waals surface area contributed by atoms with E-state index >= 15 is 0 Å². The molecule has 3 nitrogen and oxygen atoms in total. The van der Waals surface area contributed by atoms with Gasteiger partial charge in [-0.1, -0.05) is 25.1 Å². The molecule has 1 aliphatic rings. The summed E-state index contributed by atoms with van der Waals surface area (Å²) >= 11 is 1.66. The molecule has 0 radical (unpaired) electrons. The third-order valence-electron chi connectivity index (χ3n) is 4.11. The minimum atomic E-state index is -0.245. The molecule has 0 unspecified atom stereocenters. The average molecular weight is 297 g/mol. The van der Waals surface area contributed by atoms with Crippen LogP contribution < -0.4 is 5.63 Å². The molecule has 0 fully saturated rings. The van der Waals surface area contributed by atoms with Crippen LogP contribution in [0.3, 0.4) is 0 Å². The second-order valence-electron chi connectivity index (χ2n) is 5.70. The van der Waals surface area contributed by atoms with Crippen molar-refractivity contribution >= 4 is 21.6 Å². The van der Waals surface area contributed by atoms with Crippen LogP contribution in [0, 0.1) is 5.92 Å². The van der Waals surface area contributed by atoms with Gasteiger partial charge in [0.25, 0.3) is 0 Å². The Bertz CT molecular complexity index is 864. The summed E-state index contributed by atoms with van der Waals surface area (Å²) in [4.78, 5) is 19.1. The lowest BCUT2D eigenvalue weighted by Crippen LogP contribution is -2.11. The lowest BCUT2D eigenvalue weighted by molar-refractivity contribution is 0.503. The maximum atomic E-state index is 12.4. The van der Waals surface area contributed by atoms with Crippen molar-refractivity contribution in [1.82, 2.24) is 4.98 Å². The minimum Gasteiger partial charge on any atom is -0.403 e. The van der Waals surface area contributed by atoms with Gasteiger partial charge in [0.05, 0.1) is 0 Å². The van der Waals surface area contributed by atoms with Crippen molar-refractivity contribution in [3.05, 3.63) is 51.2 Å². The van der Waals surface area contributed by atoms with E-state index in [1.165, 1.54) is 10.4 Å². The largest absolute Gasteiger partial charge is 0.403 e. The third-order valence-corrected chi connectivity index (χ3v) is 5.26. The number of aryl methyl sites for hydroxylation is 1. The van der Waals surface area contributed by atoms with Gasteiger partial charge in [-0.3, -0.25) is 0 Å². The monoisotopic (exact) mass is 297 g/mol. The van der Waals surface area contributed by atoms with Crippen LogP contribution in [0.4, 0.5) is 0 Å². The SMILES string of the molecule is C[C@@H]1CCc2c(sc3nc(-c4ccccc4)oc(=O)c23)C1. The predicted molar refractivity (Wildman–Crippen MR) is 84.8 cm³/mol. The second-order valence-corrected chi connectivity index (χ2v) is 6.79.